The van der Waals surface area contributed by atoms with Gasteiger partial charge in [-0.25, -0.2) is 4.68 Å². The Morgan fingerprint density at radius 2 is 1.85 bits per heavy atom. The molecule has 1 aliphatic heterocycles. The Morgan fingerprint density at radius 1 is 1.11 bits per heavy atom. The molecule has 2 heterocycles. The first kappa shape index (κ1) is 17.4. The first-order valence-electron chi connectivity index (χ1n) is 9.18. The topological polar surface area (TPSA) is 60.2 Å². The molecule has 6 nitrogen and oxygen atoms in total. The predicted molar refractivity (Wildman–Crippen MR) is 103 cm³/mol. The third-order valence-corrected chi connectivity index (χ3v) is 4.72. The van der Waals surface area contributed by atoms with Gasteiger partial charge >= 0.3 is 0 Å². The summed E-state index contributed by atoms with van der Waals surface area (Å²) < 4.78 is 7.18. The van der Waals surface area contributed by atoms with E-state index < -0.39 is 0 Å². The molecular weight excluding hydrogens is 340 g/mol. The summed E-state index contributed by atoms with van der Waals surface area (Å²) in [6.07, 6.45) is 2.69. The Bertz CT molecular complexity index is 873. The zero-order valence-corrected chi connectivity index (χ0v) is 15.1. The van der Waals surface area contributed by atoms with E-state index in [9.17, 15) is 4.79 Å². The van der Waals surface area contributed by atoms with Gasteiger partial charge in [0, 0.05) is 24.8 Å². The average molecular weight is 362 g/mol. The maximum Gasteiger partial charge on any atom is 0.280 e. The molecule has 1 aromatic heterocycles. The van der Waals surface area contributed by atoms with Gasteiger partial charge in [0.1, 0.15) is 0 Å². The number of anilines is 1. The molecular formula is C21H22N4O2. The minimum absolute atomic E-state index is 0.132. The van der Waals surface area contributed by atoms with Crippen molar-refractivity contribution < 1.29 is 9.53 Å². The molecule has 4 rings (SSSR count). The number of nitrogens with zero attached hydrogens (tertiary/aromatic N) is 4. The van der Waals surface area contributed by atoms with Gasteiger partial charge in [-0.05, 0) is 24.1 Å². The predicted octanol–water partition coefficient (Wildman–Crippen LogP) is 3.01. The second kappa shape index (κ2) is 8.14. The van der Waals surface area contributed by atoms with Crippen LogP contribution in [0.3, 0.4) is 0 Å². The van der Waals surface area contributed by atoms with Crippen molar-refractivity contribution in [3.05, 3.63) is 78.1 Å². The van der Waals surface area contributed by atoms with Crippen LogP contribution in [0.15, 0.2) is 66.9 Å². The normalized spacial score (nSPS) is 16.4. The molecule has 1 fully saturated rings. The first-order valence-corrected chi connectivity index (χ1v) is 9.18. The molecule has 138 valence electrons. The van der Waals surface area contributed by atoms with Crippen molar-refractivity contribution in [2.24, 2.45) is 5.92 Å². The van der Waals surface area contributed by atoms with Crippen molar-refractivity contribution in [3.8, 4) is 0 Å². The number of benzene rings is 2. The summed E-state index contributed by atoms with van der Waals surface area (Å²) in [6, 6.07) is 19.7. The number of amides is 1. The molecule has 1 saturated heterocycles. The molecule has 0 N–H and O–H groups in total. The Hall–Kier alpha value is -2.99. The van der Waals surface area contributed by atoms with Crippen molar-refractivity contribution >= 4 is 11.6 Å². The van der Waals surface area contributed by atoms with Crippen LogP contribution >= 0.6 is 0 Å². The Labute approximate surface area is 158 Å². The lowest BCUT2D eigenvalue weighted by molar-refractivity contribution is 0.0976. The number of carbonyl (C=O) groups is 1. The van der Waals surface area contributed by atoms with Crippen molar-refractivity contribution in [1.82, 2.24) is 15.0 Å². The SMILES string of the molecule is O=C(c1cn(Cc2ccccc2)nn1)N(CC1CCOC1)c1ccccc1. The fourth-order valence-electron chi connectivity index (χ4n) is 3.28. The lowest BCUT2D eigenvalue weighted by atomic mass is 10.1. The number of aromatic nitrogens is 3. The summed E-state index contributed by atoms with van der Waals surface area (Å²) in [7, 11) is 0. The maximum absolute atomic E-state index is 13.2. The smallest absolute Gasteiger partial charge is 0.280 e. The van der Waals surface area contributed by atoms with E-state index in [-0.39, 0.29) is 5.91 Å². The lowest BCUT2D eigenvalue weighted by Gasteiger charge is -2.24. The molecule has 1 amide bonds. The van der Waals surface area contributed by atoms with Gasteiger partial charge in [0.05, 0.1) is 19.3 Å². The van der Waals surface area contributed by atoms with Gasteiger partial charge in [0.15, 0.2) is 5.69 Å². The largest absolute Gasteiger partial charge is 0.381 e. The summed E-state index contributed by atoms with van der Waals surface area (Å²) in [6.45, 7) is 2.66. The van der Waals surface area contributed by atoms with E-state index in [1.165, 1.54) is 0 Å². The van der Waals surface area contributed by atoms with Crippen LogP contribution in [0.2, 0.25) is 0 Å². The average Bonchev–Trinajstić information content (AvgIpc) is 3.39. The molecule has 0 saturated carbocycles. The molecule has 0 spiro atoms. The lowest BCUT2D eigenvalue weighted by Crippen LogP contribution is -2.36. The van der Waals surface area contributed by atoms with E-state index in [1.54, 1.807) is 15.8 Å². The van der Waals surface area contributed by atoms with E-state index in [1.807, 2.05) is 60.7 Å². The van der Waals surface area contributed by atoms with Crippen LogP contribution in [0.5, 0.6) is 0 Å². The highest BCUT2D eigenvalue weighted by molar-refractivity contribution is 6.04. The van der Waals surface area contributed by atoms with Gasteiger partial charge in [-0.3, -0.25) is 4.79 Å². The van der Waals surface area contributed by atoms with Crippen LogP contribution in [-0.4, -0.2) is 40.7 Å². The van der Waals surface area contributed by atoms with Gasteiger partial charge in [-0.15, -0.1) is 5.10 Å². The summed E-state index contributed by atoms with van der Waals surface area (Å²) in [5, 5.41) is 8.26. The fourth-order valence-corrected chi connectivity index (χ4v) is 3.28. The Kier molecular flexibility index (Phi) is 5.25. The quantitative estimate of drug-likeness (QED) is 0.676. The summed E-state index contributed by atoms with van der Waals surface area (Å²) in [4.78, 5) is 15.0. The molecule has 0 aliphatic carbocycles. The van der Waals surface area contributed by atoms with Crippen LogP contribution in [-0.2, 0) is 11.3 Å². The summed E-state index contributed by atoms with van der Waals surface area (Å²) in [5.74, 6) is 0.209. The molecule has 0 bridgehead atoms. The van der Waals surface area contributed by atoms with E-state index >= 15 is 0 Å². The number of carbonyl (C=O) groups excluding carboxylic acids is 1. The van der Waals surface area contributed by atoms with Crippen molar-refractivity contribution in [3.63, 3.8) is 0 Å². The number of hydrogen-bond acceptors (Lipinski definition) is 4. The van der Waals surface area contributed by atoms with Crippen LogP contribution in [0.1, 0.15) is 22.5 Å². The third kappa shape index (κ3) is 4.23. The number of hydrogen-bond donors (Lipinski definition) is 0. The van der Waals surface area contributed by atoms with Crippen molar-refractivity contribution in [1.29, 1.82) is 0 Å². The van der Waals surface area contributed by atoms with Crippen LogP contribution in [0, 0.1) is 5.92 Å². The van der Waals surface area contributed by atoms with E-state index in [4.69, 9.17) is 4.74 Å². The van der Waals surface area contributed by atoms with E-state index in [2.05, 4.69) is 10.3 Å². The Balaban J connectivity index is 1.54. The maximum atomic E-state index is 13.2. The van der Waals surface area contributed by atoms with Gasteiger partial charge in [-0.2, -0.15) is 0 Å². The highest BCUT2D eigenvalue weighted by atomic mass is 16.5. The minimum atomic E-state index is -0.132. The molecule has 27 heavy (non-hydrogen) atoms. The highest BCUT2D eigenvalue weighted by Crippen LogP contribution is 2.21. The van der Waals surface area contributed by atoms with Crippen LogP contribution < -0.4 is 4.90 Å². The van der Waals surface area contributed by atoms with Crippen molar-refractivity contribution in [2.45, 2.75) is 13.0 Å². The molecule has 6 heteroatoms. The molecule has 1 atom stereocenters. The van der Waals surface area contributed by atoms with Crippen molar-refractivity contribution in [2.75, 3.05) is 24.7 Å². The minimum Gasteiger partial charge on any atom is -0.381 e. The van der Waals surface area contributed by atoms with E-state index in [0.717, 1.165) is 24.3 Å². The molecule has 2 aromatic carbocycles. The fraction of sp³-hybridized carbons (Fsp3) is 0.286. The van der Waals surface area contributed by atoms with Crippen LogP contribution in [0.25, 0.3) is 0 Å². The molecule has 1 unspecified atom stereocenters. The van der Waals surface area contributed by atoms with Crippen LogP contribution in [0.4, 0.5) is 5.69 Å². The second-order valence-corrected chi connectivity index (χ2v) is 6.77. The number of rotatable bonds is 6. The van der Waals surface area contributed by atoms with E-state index in [0.29, 0.717) is 31.3 Å². The standard InChI is InChI=1S/C21H22N4O2/c26-21(20-15-24(23-22-20)13-17-7-3-1-4-8-17)25(14-18-11-12-27-16-18)19-9-5-2-6-10-19/h1-10,15,18H,11-14,16H2. The summed E-state index contributed by atoms with van der Waals surface area (Å²) >= 11 is 0. The zero-order valence-electron chi connectivity index (χ0n) is 15.1. The zero-order chi connectivity index (χ0) is 18.5. The van der Waals surface area contributed by atoms with Gasteiger partial charge in [-0.1, -0.05) is 53.7 Å². The number of para-hydroxylation sites is 1. The highest BCUT2D eigenvalue weighted by Gasteiger charge is 2.26. The van der Waals surface area contributed by atoms with Gasteiger partial charge < -0.3 is 9.64 Å². The monoisotopic (exact) mass is 362 g/mol. The molecule has 1 aliphatic rings. The third-order valence-electron chi connectivity index (χ3n) is 4.72. The van der Waals surface area contributed by atoms with Gasteiger partial charge in [0.25, 0.3) is 5.91 Å². The molecule has 0 radical (unpaired) electrons. The number of ether oxygens (including phenoxy) is 1. The Morgan fingerprint density at radius 3 is 2.56 bits per heavy atom. The summed E-state index contributed by atoms with van der Waals surface area (Å²) in [5.41, 5.74) is 2.34. The molecule has 3 aromatic rings. The van der Waals surface area contributed by atoms with Gasteiger partial charge in [0.2, 0.25) is 0 Å². The first-order chi connectivity index (χ1) is 13.3. The second-order valence-electron chi connectivity index (χ2n) is 6.77.